The third kappa shape index (κ3) is 3.12. The highest BCUT2D eigenvalue weighted by Gasteiger charge is 2.60. The quantitative estimate of drug-likeness (QED) is 0.699. The minimum atomic E-state index is -5.54. The molecule has 1 aliphatic carbocycles. The fourth-order valence-corrected chi connectivity index (χ4v) is 1.65. The monoisotopic (exact) mass is 248 g/mol. The second kappa shape index (κ2) is 4.25. The van der Waals surface area contributed by atoms with Crippen LogP contribution in [0.5, 0.6) is 0 Å². The van der Waals surface area contributed by atoms with Crippen LogP contribution in [0.3, 0.4) is 0 Å². The van der Waals surface area contributed by atoms with Crippen molar-refractivity contribution >= 4 is 5.78 Å². The Hall–Kier alpha value is -0.750. The van der Waals surface area contributed by atoms with Gasteiger partial charge in [-0.2, -0.15) is 26.3 Å². The zero-order valence-corrected chi connectivity index (χ0v) is 8.16. The second-order valence-corrected chi connectivity index (χ2v) is 3.98. The number of hydrogen-bond acceptors (Lipinski definition) is 1. The van der Waals surface area contributed by atoms with E-state index in [1.807, 2.05) is 0 Å². The van der Waals surface area contributed by atoms with Gasteiger partial charge in [-0.05, 0) is 5.92 Å². The number of carbonyl (C=O) groups excluding carboxylic acids is 1. The molecule has 0 aromatic carbocycles. The normalized spacial score (nSPS) is 18.7. The maximum atomic E-state index is 12.1. The minimum absolute atomic E-state index is 0.306. The van der Waals surface area contributed by atoms with E-state index in [2.05, 4.69) is 0 Å². The van der Waals surface area contributed by atoms with Gasteiger partial charge in [0.2, 0.25) is 5.92 Å². The summed E-state index contributed by atoms with van der Waals surface area (Å²) in [5.74, 6) is -5.88. The molecule has 0 aromatic heterocycles. The first-order valence-electron chi connectivity index (χ1n) is 4.78. The first-order valence-corrected chi connectivity index (χ1v) is 4.78. The molecule has 0 N–H and O–H groups in total. The van der Waals surface area contributed by atoms with Gasteiger partial charge in [-0.3, -0.25) is 4.79 Å². The molecule has 1 nitrogen and oxygen atoms in total. The summed E-state index contributed by atoms with van der Waals surface area (Å²) in [6, 6.07) is 0. The Labute approximate surface area is 87.8 Å². The minimum Gasteiger partial charge on any atom is -0.299 e. The molecule has 0 atom stereocenters. The van der Waals surface area contributed by atoms with Crippen LogP contribution in [-0.4, -0.2) is 18.1 Å². The Morgan fingerprint density at radius 2 is 1.50 bits per heavy atom. The molecule has 94 valence electrons. The highest BCUT2D eigenvalue weighted by molar-refractivity contribution is 5.82. The molecular weight excluding hydrogens is 238 g/mol. The van der Waals surface area contributed by atoms with Gasteiger partial charge in [-0.1, -0.05) is 19.3 Å². The van der Waals surface area contributed by atoms with Crippen LogP contribution >= 0.6 is 0 Å². The molecular formula is C9H10F6O. The van der Waals surface area contributed by atoms with E-state index in [1.165, 1.54) is 0 Å². The molecule has 0 aliphatic heterocycles. The molecule has 1 fully saturated rings. The molecule has 0 spiro atoms. The molecule has 0 aromatic rings. The zero-order valence-electron chi connectivity index (χ0n) is 8.16. The Kier molecular flexibility index (Phi) is 3.54. The van der Waals surface area contributed by atoms with Crippen LogP contribution in [0.2, 0.25) is 0 Å². The summed E-state index contributed by atoms with van der Waals surface area (Å²) in [6.45, 7) is 0. The summed E-state index contributed by atoms with van der Waals surface area (Å²) in [5, 5.41) is 0. The summed E-state index contributed by atoms with van der Waals surface area (Å²) in [6.07, 6.45) is -9.87. The maximum Gasteiger partial charge on any atom is 0.407 e. The highest BCUT2D eigenvalue weighted by Crippen LogP contribution is 2.42. The highest BCUT2D eigenvalue weighted by atomic mass is 19.4. The van der Waals surface area contributed by atoms with Crippen LogP contribution in [-0.2, 0) is 4.79 Å². The number of halogens is 6. The topological polar surface area (TPSA) is 17.1 Å². The van der Waals surface area contributed by atoms with E-state index in [0.717, 1.165) is 6.42 Å². The number of alkyl halides is 6. The predicted molar refractivity (Wildman–Crippen MR) is 42.6 cm³/mol. The van der Waals surface area contributed by atoms with E-state index in [4.69, 9.17) is 0 Å². The fraction of sp³-hybridized carbons (Fsp3) is 0.889. The lowest BCUT2D eigenvalue weighted by Gasteiger charge is -2.28. The molecule has 1 aliphatic rings. The van der Waals surface area contributed by atoms with Gasteiger partial charge in [0, 0.05) is 6.42 Å². The fourth-order valence-electron chi connectivity index (χ4n) is 1.65. The van der Waals surface area contributed by atoms with Gasteiger partial charge in [0.05, 0.1) is 0 Å². The number of carbonyl (C=O) groups is 1. The number of hydrogen-bond donors (Lipinski definition) is 0. The molecule has 1 saturated carbocycles. The van der Waals surface area contributed by atoms with Crippen molar-refractivity contribution in [3.05, 3.63) is 0 Å². The first-order chi connectivity index (χ1) is 7.12. The average molecular weight is 248 g/mol. The van der Waals surface area contributed by atoms with Crippen LogP contribution in [0.1, 0.15) is 25.7 Å². The number of Topliss-reactive ketones (excluding diaryl/α,β-unsaturated/α-hetero) is 1. The van der Waals surface area contributed by atoms with Crippen LogP contribution in [0.25, 0.3) is 0 Å². The molecule has 16 heavy (non-hydrogen) atoms. The Morgan fingerprint density at radius 3 is 1.75 bits per heavy atom. The van der Waals surface area contributed by atoms with Gasteiger partial charge in [-0.25, -0.2) is 0 Å². The van der Waals surface area contributed by atoms with Gasteiger partial charge in [-0.15, -0.1) is 0 Å². The lowest BCUT2D eigenvalue weighted by atomic mass is 9.79. The Balaban J connectivity index is 2.72. The molecule has 0 bridgehead atoms. The summed E-state index contributed by atoms with van der Waals surface area (Å²) < 4.78 is 72.6. The van der Waals surface area contributed by atoms with E-state index in [0.29, 0.717) is 12.8 Å². The zero-order chi connectivity index (χ0) is 12.6. The van der Waals surface area contributed by atoms with Crippen molar-refractivity contribution < 1.29 is 31.1 Å². The number of rotatable bonds is 3. The second-order valence-electron chi connectivity index (χ2n) is 3.98. The first kappa shape index (κ1) is 13.3. The molecule has 0 heterocycles. The van der Waals surface area contributed by atoms with Crippen molar-refractivity contribution in [2.24, 2.45) is 11.8 Å². The standard InChI is InChI=1S/C9H10F6O/c10-8(11,12)7(9(13,14)15)6(16)4-5-2-1-3-5/h5,7H,1-4H2. The predicted octanol–water partition coefficient (Wildman–Crippen LogP) is 3.49. The van der Waals surface area contributed by atoms with Crippen molar-refractivity contribution in [2.45, 2.75) is 38.0 Å². The summed E-state index contributed by atoms with van der Waals surface area (Å²) in [5.41, 5.74) is 0. The van der Waals surface area contributed by atoms with Crippen molar-refractivity contribution in [3.63, 3.8) is 0 Å². The van der Waals surface area contributed by atoms with E-state index < -0.39 is 30.5 Å². The average Bonchev–Trinajstić information content (AvgIpc) is 1.90. The van der Waals surface area contributed by atoms with Gasteiger partial charge in [0.15, 0.2) is 5.78 Å². The molecule has 7 heteroatoms. The molecule has 0 radical (unpaired) electrons. The molecule has 0 unspecified atom stereocenters. The van der Waals surface area contributed by atoms with Gasteiger partial charge < -0.3 is 0 Å². The van der Waals surface area contributed by atoms with Gasteiger partial charge in [0.25, 0.3) is 0 Å². The lowest BCUT2D eigenvalue weighted by Crippen LogP contribution is -2.43. The summed E-state index contributed by atoms with van der Waals surface area (Å²) >= 11 is 0. The van der Waals surface area contributed by atoms with Crippen molar-refractivity contribution in [2.75, 3.05) is 0 Å². The maximum absolute atomic E-state index is 12.1. The van der Waals surface area contributed by atoms with Crippen molar-refractivity contribution in [1.82, 2.24) is 0 Å². The van der Waals surface area contributed by atoms with Crippen LogP contribution in [0.15, 0.2) is 0 Å². The molecule has 0 amide bonds. The van der Waals surface area contributed by atoms with Crippen molar-refractivity contribution in [3.8, 4) is 0 Å². The number of ketones is 1. The van der Waals surface area contributed by atoms with Gasteiger partial charge >= 0.3 is 12.4 Å². The largest absolute Gasteiger partial charge is 0.407 e. The van der Waals surface area contributed by atoms with Crippen molar-refractivity contribution in [1.29, 1.82) is 0 Å². The molecule has 0 saturated heterocycles. The molecule has 1 rings (SSSR count). The van der Waals surface area contributed by atoms with E-state index in [1.54, 1.807) is 0 Å². The van der Waals surface area contributed by atoms with Gasteiger partial charge in [0.1, 0.15) is 0 Å². The van der Waals surface area contributed by atoms with Crippen LogP contribution in [0.4, 0.5) is 26.3 Å². The SMILES string of the molecule is O=C(CC1CCC1)C(C(F)(F)F)C(F)(F)F. The van der Waals surface area contributed by atoms with E-state index in [-0.39, 0.29) is 5.92 Å². The summed E-state index contributed by atoms with van der Waals surface area (Å²) in [4.78, 5) is 11.0. The van der Waals surface area contributed by atoms with Crippen LogP contribution in [0, 0.1) is 11.8 Å². The third-order valence-electron chi connectivity index (χ3n) is 2.69. The lowest BCUT2D eigenvalue weighted by molar-refractivity contribution is -0.273. The Bertz CT molecular complexity index is 248. The van der Waals surface area contributed by atoms with Crippen LogP contribution < -0.4 is 0 Å². The van der Waals surface area contributed by atoms with E-state index in [9.17, 15) is 31.1 Å². The van der Waals surface area contributed by atoms with E-state index >= 15 is 0 Å². The Morgan fingerprint density at radius 1 is 1.06 bits per heavy atom. The smallest absolute Gasteiger partial charge is 0.299 e. The third-order valence-corrected chi connectivity index (χ3v) is 2.69. The summed E-state index contributed by atoms with van der Waals surface area (Å²) in [7, 11) is 0.